The van der Waals surface area contributed by atoms with Crippen LogP contribution in [0.2, 0.25) is 0 Å². The number of halogens is 1. The van der Waals surface area contributed by atoms with E-state index < -0.39 is 0 Å². The molecule has 0 radical (unpaired) electrons. The molecule has 0 aliphatic heterocycles. The molecule has 0 aromatic heterocycles. The summed E-state index contributed by atoms with van der Waals surface area (Å²) in [6.07, 6.45) is 1.81. The lowest BCUT2D eigenvalue weighted by atomic mass is 10.1. The van der Waals surface area contributed by atoms with E-state index in [2.05, 4.69) is 26.1 Å². The Bertz CT molecular complexity index is 83.6. The zero-order valence-corrected chi connectivity index (χ0v) is 7.86. The third-order valence-electron chi connectivity index (χ3n) is 1.63. The molecule has 0 amide bonds. The van der Waals surface area contributed by atoms with Crippen LogP contribution in [-0.4, -0.2) is 19.3 Å². The van der Waals surface area contributed by atoms with E-state index in [9.17, 15) is 4.39 Å². The zero-order valence-electron chi connectivity index (χ0n) is 7.86. The minimum absolute atomic E-state index is 0.207. The molecule has 68 valence electrons. The fourth-order valence-corrected chi connectivity index (χ4v) is 1.21. The van der Waals surface area contributed by atoms with Gasteiger partial charge in [0, 0.05) is 6.04 Å². The lowest BCUT2D eigenvalue weighted by Gasteiger charge is -2.14. The van der Waals surface area contributed by atoms with E-state index in [-0.39, 0.29) is 6.67 Å². The Morgan fingerprint density at radius 3 is 2.36 bits per heavy atom. The lowest BCUT2D eigenvalue weighted by molar-refractivity contribution is 0.410. The van der Waals surface area contributed by atoms with Crippen molar-refractivity contribution in [3.05, 3.63) is 0 Å². The molecule has 0 heterocycles. The van der Waals surface area contributed by atoms with Gasteiger partial charge >= 0.3 is 0 Å². The largest absolute Gasteiger partial charge is 0.314 e. The van der Waals surface area contributed by atoms with Crippen LogP contribution >= 0.6 is 0 Å². The molecule has 0 fully saturated rings. The van der Waals surface area contributed by atoms with Crippen LogP contribution < -0.4 is 5.32 Å². The molecular weight excluding hydrogens is 141 g/mol. The van der Waals surface area contributed by atoms with Crippen molar-refractivity contribution in [3.63, 3.8) is 0 Å². The first kappa shape index (κ1) is 10.9. The molecule has 0 bridgehead atoms. The summed E-state index contributed by atoms with van der Waals surface area (Å²) in [7, 11) is 0. The quantitative estimate of drug-likeness (QED) is 0.590. The fourth-order valence-electron chi connectivity index (χ4n) is 1.21. The van der Waals surface area contributed by atoms with Gasteiger partial charge in [0.15, 0.2) is 0 Å². The highest BCUT2D eigenvalue weighted by Gasteiger charge is 2.02. The van der Waals surface area contributed by atoms with E-state index in [4.69, 9.17) is 0 Å². The molecule has 1 atom stereocenters. The highest BCUT2D eigenvalue weighted by molar-refractivity contribution is 4.62. The summed E-state index contributed by atoms with van der Waals surface area (Å²) in [6, 6.07) is 0.529. The second-order valence-electron chi connectivity index (χ2n) is 3.53. The van der Waals surface area contributed by atoms with Crippen molar-refractivity contribution in [3.8, 4) is 0 Å². The summed E-state index contributed by atoms with van der Waals surface area (Å²) < 4.78 is 11.7. The molecule has 1 nitrogen and oxygen atoms in total. The Labute approximate surface area is 69.4 Å². The molecule has 0 spiro atoms. The zero-order chi connectivity index (χ0) is 8.69. The van der Waals surface area contributed by atoms with Crippen molar-refractivity contribution in [2.24, 2.45) is 5.92 Å². The van der Waals surface area contributed by atoms with Gasteiger partial charge in [0.2, 0.25) is 0 Å². The summed E-state index contributed by atoms with van der Waals surface area (Å²) in [5, 5.41) is 3.27. The second kappa shape index (κ2) is 6.59. The van der Waals surface area contributed by atoms with Gasteiger partial charge in [0.25, 0.3) is 0 Å². The number of alkyl halides is 1. The molecule has 0 aliphatic rings. The van der Waals surface area contributed by atoms with Gasteiger partial charge in [0.05, 0.1) is 6.67 Å². The molecular formula is C9H20FN. The van der Waals surface area contributed by atoms with Crippen LogP contribution in [0.3, 0.4) is 0 Å². The third kappa shape index (κ3) is 7.79. The first-order valence-corrected chi connectivity index (χ1v) is 4.46. The smallest absolute Gasteiger partial charge is 0.0906 e. The molecule has 11 heavy (non-hydrogen) atoms. The maximum Gasteiger partial charge on any atom is 0.0906 e. The highest BCUT2D eigenvalue weighted by Crippen LogP contribution is 2.03. The Balaban J connectivity index is 3.15. The van der Waals surface area contributed by atoms with Gasteiger partial charge in [-0.15, -0.1) is 0 Å². The molecule has 0 rings (SSSR count). The number of nitrogens with one attached hydrogen (secondary N) is 1. The molecule has 0 saturated heterocycles. The first-order valence-electron chi connectivity index (χ1n) is 4.46. The maximum absolute atomic E-state index is 11.7. The molecule has 1 N–H and O–H groups in total. The van der Waals surface area contributed by atoms with Crippen LogP contribution in [0.25, 0.3) is 0 Å². The van der Waals surface area contributed by atoms with E-state index in [1.807, 2.05) is 0 Å². The van der Waals surface area contributed by atoms with E-state index in [0.717, 1.165) is 12.5 Å². The fraction of sp³-hybridized carbons (Fsp3) is 1.00. The van der Waals surface area contributed by atoms with E-state index >= 15 is 0 Å². The van der Waals surface area contributed by atoms with Crippen molar-refractivity contribution >= 4 is 0 Å². The van der Waals surface area contributed by atoms with Crippen LogP contribution in [0.5, 0.6) is 0 Å². The van der Waals surface area contributed by atoms with Crippen LogP contribution in [0.4, 0.5) is 4.39 Å². The normalized spacial score (nSPS) is 13.9. The summed E-state index contributed by atoms with van der Waals surface area (Å²) in [5.41, 5.74) is 0. The van der Waals surface area contributed by atoms with Gasteiger partial charge in [-0.2, -0.15) is 0 Å². The van der Waals surface area contributed by atoms with Crippen molar-refractivity contribution < 1.29 is 4.39 Å². The second-order valence-corrected chi connectivity index (χ2v) is 3.53. The third-order valence-corrected chi connectivity index (χ3v) is 1.63. The standard InChI is InChI=1S/C9H20FN/c1-8(2)7-9(3)11-6-4-5-10/h8-9,11H,4-7H2,1-3H3. The van der Waals surface area contributed by atoms with Gasteiger partial charge in [-0.1, -0.05) is 13.8 Å². The highest BCUT2D eigenvalue weighted by atomic mass is 19.1. The van der Waals surface area contributed by atoms with Gasteiger partial charge in [0.1, 0.15) is 0 Å². The number of rotatable bonds is 6. The summed E-state index contributed by atoms with van der Waals surface area (Å²) in [4.78, 5) is 0. The molecule has 1 unspecified atom stereocenters. The van der Waals surface area contributed by atoms with Crippen LogP contribution in [-0.2, 0) is 0 Å². The van der Waals surface area contributed by atoms with E-state index in [0.29, 0.717) is 12.5 Å². The number of hydrogen-bond acceptors (Lipinski definition) is 1. The van der Waals surface area contributed by atoms with Gasteiger partial charge < -0.3 is 5.32 Å². The van der Waals surface area contributed by atoms with Crippen molar-refractivity contribution in [1.82, 2.24) is 5.32 Å². The topological polar surface area (TPSA) is 12.0 Å². The van der Waals surface area contributed by atoms with Crippen LogP contribution in [0, 0.1) is 5.92 Å². The first-order chi connectivity index (χ1) is 5.16. The van der Waals surface area contributed by atoms with Gasteiger partial charge in [-0.25, -0.2) is 0 Å². The minimum Gasteiger partial charge on any atom is -0.314 e. The predicted molar refractivity (Wildman–Crippen MR) is 47.5 cm³/mol. The van der Waals surface area contributed by atoms with Crippen LogP contribution in [0.15, 0.2) is 0 Å². The molecule has 0 aromatic carbocycles. The molecule has 0 aliphatic carbocycles. The van der Waals surface area contributed by atoms with Crippen LogP contribution in [0.1, 0.15) is 33.6 Å². The molecule has 0 aromatic rings. The summed E-state index contributed by atoms with van der Waals surface area (Å²) in [5.74, 6) is 0.725. The van der Waals surface area contributed by atoms with E-state index in [1.165, 1.54) is 6.42 Å². The maximum atomic E-state index is 11.7. The Hall–Kier alpha value is -0.110. The minimum atomic E-state index is -0.207. The monoisotopic (exact) mass is 161 g/mol. The Morgan fingerprint density at radius 1 is 1.27 bits per heavy atom. The Kier molecular flexibility index (Phi) is 6.52. The SMILES string of the molecule is CC(C)CC(C)NCCCF. The van der Waals surface area contributed by atoms with Crippen molar-refractivity contribution in [2.45, 2.75) is 39.7 Å². The molecule has 2 heteroatoms. The predicted octanol–water partition coefficient (Wildman–Crippen LogP) is 2.37. The lowest BCUT2D eigenvalue weighted by Crippen LogP contribution is -2.28. The van der Waals surface area contributed by atoms with Gasteiger partial charge in [-0.3, -0.25) is 4.39 Å². The average molecular weight is 161 g/mol. The molecule has 0 saturated carbocycles. The van der Waals surface area contributed by atoms with Crippen molar-refractivity contribution in [2.75, 3.05) is 13.2 Å². The summed E-state index contributed by atoms with van der Waals surface area (Å²) >= 11 is 0. The average Bonchev–Trinajstić information content (AvgIpc) is 1.86. The van der Waals surface area contributed by atoms with E-state index in [1.54, 1.807) is 0 Å². The Morgan fingerprint density at radius 2 is 1.91 bits per heavy atom. The van der Waals surface area contributed by atoms with Gasteiger partial charge in [-0.05, 0) is 32.2 Å². The van der Waals surface area contributed by atoms with Crippen molar-refractivity contribution in [1.29, 1.82) is 0 Å². The number of hydrogen-bond donors (Lipinski definition) is 1. The summed E-state index contributed by atoms with van der Waals surface area (Å²) in [6.45, 7) is 7.16.